The van der Waals surface area contributed by atoms with Crippen LogP contribution < -0.4 is 4.90 Å². The van der Waals surface area contributed by atoms with E-state index in [2.05, 4.69) is 22.0 Å². The third kappa shape index (κ3) is 3.22. The standard InChI is InChI=1S/C22H25N7O/c1-3-16-12-15(2)25-22(26-16)28-17-8-9-18(28)14-27(13-17)21(30)19-6-4-5-7-20(19)29-23-10-11-24-29/h4-7,10-12,17-18H,3,8-9,13-14H2,1-2H3. The Labute approximate surface area is 175 Å². The van der Waals surface area contributed by atoms with Crippen LogP contribution in [0.15, 0.2) is 42.7 Å². The Morgan fingerprint density at radius 2 is 1.77 bits per heavy atom. The van der Waals surface area contributed by atoms with Crippen LogP contribution in [0.3, 0.4) is 0 Å². The van der Waals surface area contributed by atoms with Crippen molar-refractivity contribution in [2.75, 3.05) is 18.0 Å². The highest BCUT2D eigenvalue weighted by Gasteiger charge is 2.43. The third-order valence-corrected chi connectivity index (χ3v) is 6.03. The van der Waals surface area contributed by atoms with E-state index in [0.29, 0.717) is 24.3 Å². The van der Waals surface area contributed by atoms with Gasteiger partial charge in [-0.1, -0.05) is 19.1 Å². The van der Waals surface area contributed by atoms with Gasteiger partial charge in [0.05, 0.1) is 23.6 Å². The molecule has 2 atom stereocenters. The van der Waals surface area contributed by atoms with Crippen molar-refractivity contribution >= 4 is 11.9 Å². The van der Waals surface area contributed by atoms with Crippen molar-refractivity contribution < 1.29 is 4.79 Å². The molecule has 3 aromatic rings. The number of aromatic nitrogens is 5. The second-order valence-electron chi connectivity index (χ2n) is 7.99. The smallest absolute Gasteiger partial charge is 0.256 e. The van der Waals surface area contributed by atoms with Gasteiger partial charge in [0.25, 0.3) is 5.91 Å². The second kappa shape index (κ2) is 7.51. The fourth-order valence-corrected chi connectivity index (χ4v) is 4.65. The maximum Gasteiger partial charge on any atom is 0.256 e. The van der Waals surface area contributed by atoms with Crippen LogP contribution in [0.4, 0.5) is 5.95 Å². The van der Waals surface area contributed by atoms with Gasteiger partial charge in [0.15, 0.2) is 0 Å². The Hall–Kier alpha value is -3.29. The van der Waals surface area contributed by atoms with Gasteiger partial charge in [-0.25, -0.2) is 9.97 Å². The molecule has 2 aliphatic heterocycles. The van der Waals surface area contributed by atoms with Crippen molar-refractivity contribution in [2.24, 2.45) is 0 Å². The summed E-state index contributed by atoms with van der Waals surface area (Å²) in [7, 11) is 0. The van der Waals surface area contributed by atoms with E-state index in [1.54, 1.807) is 12.4 Å². The van der Waals surface area contributed by atoms with E-state index in [0.717, 1.165) is 36.6 Å². The number of anilines is 1. The molecule has 0 saturated carbocycles. The van der Waals surface area contributed by atoms with E-state index in [4.69, 9.17) is 9.97 Å². The molecule has 154 valence electrons. The lowest BCUT2D eigenvalue weighted by atomic mass is 10.1. The molecule has 4 heterocycles. The van der Waals surface area contributed by atoms with Crippen LogP contribution in [0.1, 0.15) is 41.5 Å². The largest absolute Gasteiger partial charge is 0.334 e. The summed E-state index contributed by atoms with van der Waals surface area (Å²) in [6.45, 7) is 5.48. The quantitative estimate of drug-likeness (QED) is 0.666. The van der Waals surface area contributed by atoms with E-state index in [9.17, 15) is 4.79 Å². The minimum atomic E-state index is 0.0267. The molecule has 0 N–H and O–H groups in total. The average Bonchev–Trinajstić information content (AvgIpc) is 3.39. The lowest BCUT2D eigenvalue weighted by molar-refractivity contribution is 0.0716. The molecule has 5 rings (SSSR count). The van der Waals surface area contributed by atoms with E-state index < -0.39 is 0 Å². The number of para-hydroxylation sites is 1. The lowest BCUT2D eigenvalue weighted by Gasteiger charge is -2.41. The molecule has 1 amide bonds. The summed E-state index contributed by atoms with van der Waals surface area (Å²) in [5.74, 6) is 0.839. The van der Waals surface area contributed by atoms with Gasteiger partial charge in [-0.2, -0.15) is 15.0 Å². The van der Waals surface area contributed by atoms with E-state index in [-0.39, 0.29) is 18.0 Å². The molecule has 2 aromatic heterocycles. The minimum absolute atomic E-state index is 0.0267. The molecular formula is C22H25N7O. The Morgan fingerprint density at radius 1 is 1.07 bits per heavy atom. The first-order chi connectivity index (χ1) is 14.6. The number of likely N-dealkylation sites (tertiary alicyclic amines) is 1. The number of rotatable bonds is 4. The van der Waals surface area contributed by atoms with Gasteiger partial charge in [-0.3, -0.25) is 4.79 Å². The molecule has 0 spiro atoms. The number of hydrogen-bond acceptors (Lipinski definition) is 6. The van der Waals surface area contributed by atoms with Crippen LogP contribution in [0.25, 0.3) is 5.69 Å². The van der Waals surface area contributed by atoms with Crippen molar-refractivity contribution in [3.05, 3.63) is 59.7 Å². The summed E-state index contributed by atoms with van der Waals surface area (Å²) in [4.78, 5) is 28.8. The molecular weight excluding hydrogens is 378 g/mol. The normalized spacial score (nSPS) is 20.6. The van der Waals surface area contributed by atoms with Crippen LogP contribution in [-0.2, 0) is 6.42 Å². The van der Waals surface area contributed by atoms with Gasteiger partial charge in [0.1, 0.15) is 0 Å². The number of aryl methyl sites for hydroxylation is 2. The number of nitrogens with zero attached hydrogens (tertiary/aromatic N) is 7. The third-order valence-electron chi connectivity index (χ3n) is 6.03. The maximum atomic E-state index is 13.4. The Morgan fingerprint density at radius 3 is 2.47 bits per heavy atom. The molecule has 30 heavy (non-hydrogen) atoms. The molecule has 8 nitrogen and oxygen atoms in total. The van der Waals surface area contributed by atoms with Crippen molar-refractivity contribution in [2.45, 2.75) is 45.2 Å². The van der Waals surface area contributed by atoms with E-state index in [1.165, 1.54) is 4.80 Å². The highest BCUT2D eigenvalue weighted by atomic mass is 16.2. The van der Waals surface area contributed by atoms with Gasteiger partial charge >= 0.3 is 0 Å². The van der Waals surface area contributed by atoms with Crippen molar-refractivity contribution in [1.29, 1.82) is 0 Å². The monoisotopic (exact) mass is 403 g/mol. The minimum Gasteiger partial charge on any atom is -0.334 e. The number of fused-ring (bicyclic) bond motifs is 2. The van der Waals surface area contributed by atoms with Crippen LogP contribution in [-0.4, -0.2) is 60.9 Å². The van der Waals surface area contributed by atoms with Gasteiger partial charge in [0.2, 0.25) is 5.95 Å². The predicted octanol–water partition coefficient (Wildman–Crippen LogP) is 2.42. The van der Waals surface area contributed by atoms with Gasteiger partial charge in [-0.15, -0.1) is 0 Å². The first kappa shape index (κ1) is 18.7. The Bertz CT molecular complexity index is 1050. The first-order valence-electron chi connectivity index (χ1n) is 10.5. The number of carbonyl (C=O) groups is 1. The predicted molar refractivity (Wildman–Crippen MR) is 113 cm³/mol. The van der Waals surface area contributed by atoms with Crippen molar-refractivity contribution in [3.63, 3.8) is 0 Å². The fraction of sp³-hybridized carbons (Fsp3) is 0.409. The summed E-state index contributed by atoms with van der Waals surface area (Å²) in [6.07, 6.45) is 6.23. The van der Waals surface area contributed by atoms with Gasteiger partial charge in [-0.05, 0) is 44.4 Å². The van der Waals surface area contributed by atoms with E-state index >= 15 is 0 Å². The fourth-order valence-electron chi connectivity index (χ4n) is 4.65. The lowest BCUT2D eigenvalue weighted by Crippen LogP contribution is -2.56. The van der Waals surface area contributed by atoms with Gasteiger partial charge in [0, 0.05) is 36.6 Å². The molecule has 8 heteroatoms. The topological polar surface area (TPSA) is 80.0 Å². The molecule has 2 fully saturated rings. The summed E-state index contributed by atoms with van der Waals surface area (Å²) in [6, 6.07) is 10.1. The molecule has 2 aliphatic rings. The maximum absolute atomic E-state index is 13.4. The second-order valence-corrected chi connectivity index (χ2v) is 7.99. The molecule has 2 bridgehead atoms. The van der Waals surface area contributed by atoms with Crippen molar-refractivity contribution in [1.82, 2.24) is 29.9 Å². The number of hydrogen-bond donors (Lipinski definition) is 0. The van der Waals surface area contributed by atoms with Crippen LogP contribution in [0.2, 0.25) is 0 Å². The zero-order valence-electron chi connectivity index (χ0n) is 17.3. The number of benzene rings is 1. The number of amides is 1. The van der Waals surface area contributed by atoms with Gasteiger partial charge < -0.3 is 9.80 Å². The zero-order chi connectivity index (χ0) is 20.7. The summed E-state index contributed by atoms with van der Waals surface area (Å²) in [5.41, 5.74) is 3.39. The summed E-state index contributed by atoms with van der Waals surface area (Å²) >= 11 is 0. The SMILES string of the molecule is CCc1cc(C)nc(N2C3CCC2CN(C(=O)c2ccccc2-n2nccn2)C3)n1. The Balaban J connectivity index is 1.41. The van der Waals surface area contributed by atoms with Crippen LogP contribution in [0.5, 0.6) is 0 Å². The molecule has 2 unspecified atom stereocenters. The Kier molecular flexibility index (Phi) is 4.69. The van der Waals surface area contributed by atoms with Crippen LogP contribution >= 0.6 is 0 Å². The first-order valence-corrected chi connectivity index (χ1v) is 10.5. The molecule has 0 radical (unpaired) electrons. The molecule has 2 saturated heterocycles. The zero-order valence-corrected chi connectivity index (χ0v) is 17.3. The average molecular weight is 403 g/mol. The molecule has 0 aliphatic carbocycles. The van der Waals surface area contributed by atoms with E-state index in [1.807, 2.05) is 42.2 Å². The summed E-state index contributed by atoms with van der Waals surface area (Å²) < 4.78 is 0. The number of piperazine rings is 1. The van der Waals surface area contributed by atoms with Crippen LogP contribution in [0, 0.1) is 6.92 Å². The molecule has 1 aromatic carbocycles. The number of carbonyl (C=O) groups excluding carboxylic acids is 1. The summed E-state index contributed by atoms with van der Waals surface area (Å²) in [5, 5.41) is 8.41. The highest BCUT2D eigenvalue weighted by Crippen LogP contribution is 2.34. The van der Waals surface area contributed by atoms with Crippen molar-refractivity contribution in [3.8, 4) is 5.69 Å². The highest BCUT2D eigenvalue weighted by molar-refractivity contribution is 5.98.